The predicted molar refractivity (Wildman–Crippen MR) is 77.5 cm³/mol. The Kier molecular flexibility index (Phi) is 5.87. The van der Waals surface area contributed by atoms with Crippen molar-refractivity contribution >= 4 is 5.91 Å². The van der Waals surface area contributed by atoms with Gasteiger partial charge in [0.25, 0.3) is 5.91 Å². The van der Waals surface area contributed by atoms with Gasteiger partial charge in [-0.1, -0.05) is 31.0 Å². The molecular weight excluding hydrogens is 254 g/mol. The van der Waals surface area contributed by atoms with Crippen molar-refractivity contribution in [2.45, 2.75) is 25.7 Å². The lowest BCUT2D eigenvalue weighted by Crippen LogP contribution is -2.37. The van der Waals surface area contributed by atoms with E-state index < -0.39 is 0 Å². The molecule has 1 aliphatic carbocycles. The molecule has 0 bridgehead atoms. The van der Waals surface area contributed by atoms with Crippen molar-refractivity contribution in [1.29, 1.82) is 0 Å². The van der Waals surface area contributed by atoms with E-state index in [-0.39, 0.29) is 19.1 Å². The molecule has 2 unspecified atom stereocenters. The van der Waals surface area contributed by atoms with Crippen LogP contribution in [0.5, 0.6) is 5.75 Å². The fourth-order valence-corrected chi connectivity index (χ4v) is 2.76. The molecule has 2 rings (SSSR count). The van der Waals surface area contributed by atoms with Gasteiger partial charge in [0.2, 0.25) is 0 Å². The summed E-state index contributed by atoms with van der Waals surface area (Å²) in [5.41, 5.74) is 0. The molecule has 0 radical (unpaired) electrons. The number of carbonyl (C=O) groups is 1. The standard InChI is InChI=1S/C16H23NO3/c18-11-14-7-5-4-6-13(14)10-17-16(19)12-20-15-8-2-1-3-9-15/h1-3,8-9,13-14,18H,4-7,10-12H2,(H,17,19). The monoisotopic (exact) mass is 277 g/mol. The highest BCUT2D eigenvalue weighted by atomic mass is 16.5. The fraction of sp³-hybridized carbons (Fsp3) is 0.562. The van der Waals surface area contributed by atoms with Gasteiger partial charge in [-0.25, -0.2) is 0 Å². The summed E-state index contributed by atoms with van der Waals surface area (Å²) >= 11 is 0. The first kappa shape index (κ1) is 14.9. The molecule has 4 nitrogen and oxygen atoms in total. The molecule has 0 heterocycles. The molecule has 1 saturated carbocycles. The summed E-state index contributed by atoms with van der Waals surface area (Å²) in [5.74, 6) is 1.33. The van der Waals surface area contributed by atoms with E-state index in [9.17, 15) is 9.90 Å². The third-order valence-corrected chi connectivity index (χ3v) is 3.98. The van der Waals surface area contributed by atoms with Crippen LogP contribution in [0.25, 0.3) is 0 Å². The van der Waals surface area contributed by atoms with Crippen LogP contribution in [0.1, 0.15) is 25.7 Å². The Hall–Kier alpha value is -1.55. The molecule has 1 aromatic carbocycles. The molecule has 4 heteroatoms. The van der Waals surface area contributed by atoms with Gasteiger partial charge in [-0.2, -0.15) is 0 Å². The lowest BCUT2D eigenvalue weighted by atomic mass is 9.79. The van der Waals surface area contributed by atoms with Gasteiger partial charge in [0, 0.05) is 13.2 Å². The Morgan fingerprint density at radius 3 is 2.60 bits per heavy atom. The van der Waals surface area contributed by atoms with E-state index >= 15 is 0 Å². The Balaban J connectivity index is 1.69. The zero-order valence-corrected chi connectivity index (χ0v) is 11.8. The molecule has 0 aromatic heterocycles. The second-order valence-corrected chi connectivity index (χ2v) is 5.39. The summed E-state index contributed by atoms with van der Waals surface area (Å²) in [7, 11) is 0. The Labute approximate surface area is 120 Å². The minimum absolute atomic E-state index is 0.0422. The number of aliphatic hydroxyl groups excluding tert-OH is 1. The SMILES string of the molecule is O=C(COc1ccccc1)NCC1CCCCC1CO. The first-order valence-corrected chi connectivity index (χ1v) is 7.35. The van der Waals surface area contributed by atoms with Gasteiger partial charge in [-0.15, -0.1) is 0 Å². The van der Waals surface area contributed by atoms with E-state index in [0.29, 0.717) is 24.1 Å². The van der Waals surface area contributed by atoms with Gasteiger partial charge >= 0.3 is 0 Å². The Morgan fingerprint density at radius 1 is 1.20 bits per heavy atom. The first-order valence-electron chi connectivity index (χ1n) is 7.35. The largest absolute Gasteiger partial charge is 0.484 e. The van der Waals surface area contributed by atoms with E-state index in [1.807, 2.05) is 30.3 Å². The molecule has 0 aliphatic heterocycles. The minimum Gasteiger partial charge on any atom is -0.484 e. The van der Waals surface area contributed by atoms with Crippen molar-refractivity contribution in [1.82, 2.24) is 5.32 Å². The quantitative estimate of drug-likeness (QED) is 0.836. The van der Waals surface area contributed by atoms with Crippen molar-refractivity contribution in [3.8, 4) is 5.75 Å². The molecule has 0 spiro atoms. The normalized spacial score (nSPS) is 22.2. The van der Waals surface area contributed by atoms with Crippen LogP contribution in [0.3, 0.4) is 0 Å². The average molecular weight is 277 g/mol. The van der Waals surface area contributed by atoms with Crippen LogP contribution in [0.4, 0.5) is 0 Å². The number of carbonyl (C=O) groups excluding carboxylic acids is 1. The highest BCUT2D eigenvalue weighted by Crippen LogP contribution is 2.28. The number of ether oxygens (including phenoxy) is 1. The number of aliphatic hydroxyl groups is 1. The molecule has 1 amide bonds. The molecule has 20 heavy (non-hydrogen) atoms. The summed E-state index contributed by atoms with van der Waals surface area (Å²) in [5, 5.41) is 12.3. The summed E-state index contributed by atoms with van der Waals surface area (Å²) in [6.07, 6.45) is 4.53. The van der Waals surface area contributed by atoms with E-state index in [4.69, 9.17) is 4.74 Å². The maximum Gasteiger partial charge on any atom is 0.257 e. The van der Waals surface area contributed by atoms with Crippen molar-refractivity contribution < 1.29 is 14.6 Å². The van der Waals surface area contributed by atoms with Crippen LogP contribution in [0.15, 0.2) is 30.3 Å². The third kappa shape index (κ3) is 4.53. The lowest BCUT2D eigenvalue weighted by Gasteiger charge is -2.30. The number of nitrogens with one attached hydrogen (secondary N) is 1. The van der Waals surface area contributed by atoms with Crippen LogP contribution in [0, 0.1) is 11.8 Å². The van der Waals surface area contributed by atoms with Crippen molar-refractivity contribution in [3.05, 3.63) is 30.3 Å². The fourth-order valence-electron chi connectivity index (χ4n) is 2.76. The number of para-hydroxylation sites is 1. The summed E-state index contributed by atoms with van der Waals surface area (Å²) in [6, 6.07) is 9.32. The van der Waals surface area contributed by atoms with Gasteiger partial charge in [-0.05, 0) is 36.8 Å². The molecule has 1 fully saturated rings. The van der Waals surface area contributed by atoms with Crippen LogP contribution in [-0.4, -0.2) is 30.8 Å². The first-order chi connectivity index (χ1) is 9.79. The zero-order valence-electron chi connectivity index (χ0n) is 11.8. The van der Waals surface area contributed by atoms with Crippen molar-refractivity contribution in [2.24, 2.45) is 11.8 Å². The number of rotatable bonds is 6. The second-order valence-electron chi connectivity index (χ2n) is 5.39. The summed E-state index contributed by atoms with van der Waals surface area (Å²) in [6.45, 7) is 0.907. The van der Waals surface area contributed by atoms with Crippen LogP contribution in [-0.2, 0) is 4.79 Å². The van der Waals surface area contributed by atoms with Crippen LogP contribution in [0.2, 0.25) is 0 Å². The highest BCUT2D eigenvalue weighted by Gasteiger charge is 2.24. The van der Waals surface area contributed by atoms with Gasteiger partial charge in [0.05, 0.1) is 0 Å². The van der Waals surface area contributed by atoms with E-state index in [2.05, 4.69) is 5.32 Å². The maximum atomic E-state index is 11.8. The van der Waals surface area contributed by atoms with Gasteiger partial charge in [-0.3, -0.25) is 4.79 Å². The number of amides is 1. The molecule has 2 atom stereocenters. The summed E-state index contributed by atoms with van der Waals surface area (Å²) < 4.78 is 5.40. The second kappa shape index (κ2) is 7.90. The molecule has 1 aliphatic rings. The molecule has 2 N–H and O–H groups in total. The maximum absolute atomic E-state index is 11.8. The number of hydrogen-bond donors (Lipinski definition) is 2. The van der Waals surface area contributed by atoms with E-state index in [0.717, 1.165) is 12.8 Å². The Morgan fingerprint density at radius 2 is 1.90 bits per heavy atom. The van der Waals surface area contributed by atoms with Crippen molar-refractivity contribution in [2.75, 3.05) is 19.8 Å². The number of hydrogen-bond acceptors (Lipinski definition) is 3. The molecule has 1 aromatic rings. The average Bonchev–Trinajstić information content (AvgIpc) is 2.52. The zero-order chi connectivity index (χ0) is 14.2. The van der Waals surface area contributed by atoms with E-state index in [1.165, 1.54) is 12.8 Å². The third-order valence-electron chi connectivity index (χ3n) is 3.98. The van der Waals surface area contributed by atoms with Gasteiger partial charge in [0.1, 0.15) is 5.75 Å². The summed E-state index contributed by atoms with van der Waals surface area (Å²) in [4.78, 5) is 11.8. The topological polar surface area (TPSA) is 58.6 Å². The smallest absolute Gasteiger partial charge is 0.257 e. The van der Waals surface area contributed by atoms with Gasteiger partial charge < -0.3 is 15.2 Å². The van der Waals surface area contributed by atoms with Gasteiger partial charge in [0.15, 0.2) is 6.61 Å². The van der Waals surface area contributed by atoms with Crippen molar-refractivity contribution in [3.63, 3.8) is 0 Å². The van der Waals surface area contributed by atoms with Crippen LogP contribution < -0.4 is 10.1 Å². The van der Waals surface area contributed by atoms with Crippen LogP contribution >= 0.6 is 0 Å². The number of benzene rings is 1. The molecule has 0 saturated heterocycles. The lowest BCUT2D eigenvalue weighted by molar-refractivity contribution is -0.123. The minimum atomic E-state index is -0.101. The van der Waals surface area contributed by atoms with E-state index in [1.54, 1.807) is 0 Å². The molecule has 110 valence electrons. The molecular formula is C16H23NO3. The Bertz CT molecular complexity index is 407. The predicted octanol–water partition coefficient (Wildman–Crippen LogP) is 1.98. The highest BCUT2D eigenvalue weighted by molar-refractivity contribution is 5.77.